The molecule has 1 saturated heterocycles. The Morgan fingerprint density at radius 3 is 3.05 bits per heavy atom. The van der Waals surface area contributed by atoms with Crippen molar-refractivity contribution >= 4 is 17.7 Å². The second-order valence-corrected chi connectivity index (χ2v) is 6.71. The maximum absolute atomic E-state index is 13.4. The zero-order chi connectivity index (χ0) is 14.1. The van der Waals surface area contributed by atoms with Crippen LogP contribution in [0.5, 0.6) is 0 Å². The summed E-state index contributed by atoms with van der Waals surface area (Å²) in [5, 5.41) is 6.33. The highest BCUT2D eigenvalue weighted by molar-refractivity contribution is 7.99. The third-order valence-corrected chi connectivity index (χ3v) is 5.27. The Morgan fingerprint density at radius 1 is 1.45 bits per heavy atom. The van der Waals surface area contributed by atoms with Gasteiger partial charge in [0.2, 0.25) is 5.91 Å². The maximum atomic E-state index is 13.4. The van der Waals surface area contributed by atoms with Crippen LogP contribution in [-0.2, 0) is 4.79 Å². The Kier molecular flexibility index (Phi) is 3.98. The monoisotopic (exact) mass is 294 g/mol. The number of hydrogen-bond acceptors (Lipinski definition) is 3. The van der Waals surface area contributed by atoms with Crippen LogP contribution in [0.3, 0.4) is 0 Å². The zero-order valence-electron chi connectivity index (χ0n) is 11.5. The number of halogens is 1. The number of carbonyl (C=O) groups is 1. The Morgan fingerprint density at radius 2 is 2.30 bits per heavy atom. The molecule has 1 aromatic carbocycles. The smallest absolute Gasteiger partial charge is 0.237 e. The minimum Gasteiger partial charge on any atom is -0.348 e. The van der Waals surface area contributed by atoms with Crippen molar-refractivity contribution in [3.8, 4) is 0 Å². The van der Waals surface area contributed by atoms with Crippen molar-refractivity contribution in [3.63, 3.8) is 0 Å². The van der Waals surface area contributed by atoms with Gasteiger partial charge in [-0.15, -0.1) is 11.8 Å². The van der Waals surface area contributed by atoms with Crippen molar-refractivity contribution in [1.82, 2.24) is 10.6 Å². The molecule has 1 amide bonds. The Labute approximate surface area is 122 Å². The summed E-state index contributed by atoms with van der Waals surface area (Å²) in [5.41, 5.74) is 0.917. The number of nitrogens with one attached hydrogen (secondary N) is 2. The van der Waals surface area contributed by atoms with Gasteiger partial charge in [-0.25, -0.2) is 4.39 Å². The highest BCUT2D eigenvalue weighted by Gasteiger charge is 2.31. The molecule has 20 heavy (non-hydrogen) atoms. The molecule has 0 aliphatic carbocycles. The topological polar surface area (TPSA) is 41.1 Å². The lowest BCUT2D eigenvalue weighted by atomic mass is 10.00. The molecule has 0 spiro atoms. The van der Waals surface area contributed by atoms with E-state index in [0.717, 1.165) is 35.6 Å². The summed E-state index contributed by atoms with van der Waals surface area (Å²) in [4.78, 5) is 13.4. The van der Waals surface area contributed by atoms with Crippen LogP contribution < -0.4 is 10.6 Å². The van der Waals surface area contributed by atoms with Crippen LogP contribution in [0.4, 0.5) is 4.39 Å². The fraction of sp³-hybridized carbons (Fsp3) is 0.533. The summed E-state index contributed by atoms with van der Waals surface area (Å²) in [6.07, 6.45) is 1.89. The van der Waals surface area contributed by atoms with Crippen LogP contribution in [0, 0.1) is 11.7 Å². The van der Waals surface area contributed by atoms with E-state index in [2.05, 4.69) is 17.6 Å². The van der Waals surface area contributed by atoms with Crippen molar-refractivity contribution in [2.24, 2.45) is 5.92 Å². The fourth-order valence-electron chi connectivity index (χ4n) is 2.96. The van der Waals surface area contributed by atoms with Gasteiger partial charge in [0.15, 0.2) is 0 Å². The first-order chi connectivity index (χ1) is 9.65. The van der Waals surface area contributed by atoms with E-state index >= 15 is 0 Å². The van der Waals surface area contributed by atoms with E-state index < -0.39 is 0 Å². The van der Waals surface area contributed by atoms with Crippen LogP contribution in [0.15, 0.2) is 23.1 Å². The van der Waals surface area contributed by atoms with Crippen LogP contribution in [0.1, 0.15) is 31.4 Å². The first-order valence-corrected chi connectivity index (χ1v) is 8.09. The van der Waals surface area contributed by atoms with Gasteiger partial charge in [0.25, 0.3) is 0 Å². The number of thioether (sulfide) groups is 1. The van der Waals surface area contributed by atoms with E-state index in [1.54, 1.807) is 17.8 Å². The molecule has 1 fully saturated rings. The lowest BCUT2D eigenvalue weighted by Crippen LogP contribution is -2.45. The molecular formula is C15H19FN2OS. The van der Waals surface area contributed by atoms with Crippen molar-refractivity contribution in [2.75, 3.05) is 12.3 Å². The summed E-state index contributed by atoms with van der Waals surface area (Å²) in [7, 11) is 0. The van der Waals surface area contributed by atoms with Crippen LogP contribution >= 0.6 is 11.8 Å². The number of rotatable bonds is 2. The van der Waals surface area contributed by atoms with Gasteiger partial charge in [-0.05, 0) is 49.1 Å². The van der Waals surface area contributed by atoms with E-state index in [1.807, 2.05) is 6.07 Å². The summed E-state index contributed by atoms with van der Waals surface area (Å²) in [6, 6.07) is 4.67. The zero-order valence-corrected chi connectivity index (χ0v) is 12.3. The van der Waals surface area contributed by atoms with E-state index in [1.165, 1.54) is 6.07 Å². The molecule has 2 heterocycles. The van der Waals surface area contributed by atoms with E-state index in [-0.39, 0.29) is 23.8 Å². The predicted octanol–water partition coefficient (Wildman–Crippen LogP) is 2.48. The standard InChI is InChI=1S/C15H19FN2OS/c1-9-4-6-17-14(9)15(19)18-12-5-7-20-13-3-2-10(16)8-11(12)13/h2-3,8-9,12,14,17H,4-7H2,1H3,(H,18,19). The van der Waals surface area contributed by atoms with Crippen molar-refractivity contribution in [1.29, 1.82) is 0 Å². The van der Waals surface area contributed by atoms with Gasteiger partial charge in [-0.2, -0.15) is 0 Å². The predicted molar refractivity (Wildman–Crippen MR) is 78.2 cm³/mol. The number of benzene rings is 1. The summed E-state index contributed by atoms with van der Waals surface area (Å²) in [6.45, 7) is 2.99. The average molecular weight is 294 g/mol. The van der Waals surface area contributed by atoms with Crippen LogP contribution in [0.2, 0.25) is 0 Å². The van der Waals surface area contributed by atoms with Crippen LogP contribution in [-0.4, -0.2) is 24.2 Å². The molecule has 3 unspecified atom stereocenters. The van der Waals surface area contributed by atoms with E-state index in [9.17, 15) is 9.18 Å². The molecule has 0 saturated carbocycles. The summed E-state index contributed by atoms with van der Waals surface area (Å²) in [5.74, 6) is 1.12. The number of hydrogen-bond donors (Lipinski definition) is 2. The maximum Gasteiger partial charge on any atom is 0.237 e. The quantitative estimate of drug-likeness (QED) is 0.880. The Balaban J connectivity index is 1.76. The van der Waals surface area contributed by atoms with Crippen molar-refractivity contribution < 1.29 is 9.18 Å². The van der Waals surface area contributed by atoms with E-state index in [0.29, 0.717) is 5.92 Å². The van der Waals surface area contributed by atoms with Gasteiger partial charge in [0, 0.05) is 10.6 Å². The molecule has 1 aromatic rings. The van der Waals surface area contributed by atoms with Gasteiger partial charge in [0.05, 0.1) is 12.1 Å². The minimum absolute atomic E-state index is 0.0436. The molecule has 0 radical (unpaired) electrons. The van der Waals surface area contributed by atoms with Gasteiger partial charge >= 0.3 is 0 Å². The lowest BCUT2D eigenvalue weighted by Gasteiger charge is -2.27. The number of amides is 1. The molecule has 108 valence electrons. The third kappa shape index (κ3) is 2.69. The highest BCUT2D eigenvalue weighted by atomic mass is 32.2. The molecule has 2 N–H and O–H groups in total. The average Bonchev–Trinajstić information content (AvgIpc) is 2.86. The second kappa shape index (κ2) is 5.74. The van der Waals surface area contributed by atoms with Crippen LogP contribution in [0.25, 0.3) is 0 Å². The largest absolute Gasteiger partial charge is 0.348 e. The molecular weight excluding hydrogens is 275 g/mol. The van der Waals surface area contributed by atoms with E-state index in [4.69, 9.17) is 0 Å². The SMILES string of the molecule is CC1CCNC1C(=O)NC1CCSc2ccc(F)cc21. The van der Waals surface area contributed by atoms with Gasteiger partial charge in [-0.1, -0.05) is 6.92 Å². The van der Waals surface area contributed by atoms with Crippen molar-refractivity contribution in [2.45, 2.75) is 36.7 Å². The summed E-state index contributed by atoms with van der Waals surface area (Å²) >= 11 is 1.73. The lowest BCUT2D eigenvalue weighted by molar-refractivity contribution is -0.124. The molecule has 2 aliphatic heterocycles. The van der Waals surface area contributed by atoms with Gasteiger partial charge in [0.1, 0.15) is 5.82 Å². The highest BCUT2D eigenvalue weighted by Crippen LogP contribution is 2.36. The molecule has 3 atom stereocenters. The summed E-state index contributed by atoms with van der Waals surface area (Å²) < 4.78 is 13.4. The minimum atomic E-state index is -0.238. The molecule has 0 bridgehead atoms. The second-order valence-electron chi connectivity index (χ2n) is 5.58. The van der Waals surface area contributed by atoms with Crippen molar-refractivity contribution in [3.05, 3.63) is 29.6 Å². The molecule has 3 rings (SSSR count). The molecule has 2 aliphatic rings. The first-order valence-electron chi connectivity index (χ1n) is 7.11. The number of fused-ring (bicyclic) bond motifs is 1. The molecule has 0 aromatic heterocycles. The fourth-order valence-corrected chi connectivity index (χ4v) is 4.07. The third-order valence-electron chi connectivity index (χ3n) is 4.14. The Hall–Kier alpha value is -1.07. The number of carbonyl (C=O) groups excluding carboxylic acids is 1. The van der Waals surface area contributed by atoms with Gasteiger partial charge < -0.3 is 10.6 Å². The van der Waals surface area contributed by atoms with Gasteiger partial charge in [-0.3, -0.25) is 4.79 Å². The molecule has 3 nitrogen and oxygen atoms in total. The Bertz CT molecular complexity index is 523. The first kappa shape index (κ1) is 13.9. The normalized spacial score (nSPS) is 29.0. The molecule has 5 heteroatoms.